The lowest BCUT2D eigenvalue weighted by atomic mass is 10.1. The van der Waals surface area contributed by atoms with Gasteiger partial charge >= 0.3 is 12.2 Å². The number of piperazine rings is 1. The minimum absolute atomic E-state index is 0.0374. The number of hydrogen-bond donors (Lipinski definition) is 0. The van der Waals surface area contributed by atoms with Gasteiger partial charge in [-0.05, 0) is 79.4 Å². The van der Waals surface area contributed by atoms with Gasteiger partial charge in [0.1, 0.15) is 17.0 Å². The zero-order chi connectivity index (χ0) is 25.7. The lowest BCUT2D eigenvalue weighted by molar-refractivity contribution is 0.0189. The molecule has 2 atom stereocenters. The van der Waals surface area contributed by atoms with Gasteiger partial charge < -0.3 is 19.3 Å². The molecule has 4 rings (SSSR count). The van der Waals surface area contributed by atoms with Crippen molar-refractivity contribution in [1.82, 2.24) is 14.8 Å². The molecular weight excluding hydrogens is 448 g/mol. The molecular formula is C26H38N4O5. The molecule has 0 unspecified atom stereocenters. The van der Waals surface area contributed by atoms with Gasteiger partial charge in [-0.3, -0.25) is 9.69 Å². The minimum Gasteiger partial charge on any atom is -0.444 e. The molecule has 0 aromatic carbocycles. The Balaban J connectivity index is 1.56. The van der Waals surface area contributed by atoms with Crippen LogP contribution in [0.4, 0.5) is 15.4 Å². The normalized spacial score (nSPS) is 21.8. The Morgan fingerprint density at radius 2 is 1.77 bits per heavy atom. The molecule has 9 heteroatoms. The molecule has 192 valence electrons. The number of rotatable bonds is 4. The van der Waals surface area contributed by atoms with E-state index < -0.39 is 11.2 Å². The Kier molecular flexibility index (Phi) is 6.49. The van der Waals surface area contributed by atoms with Crippen LogP contribution in [0.1, 0.15) is 82.9 Å². The van der Waals surface area contributed by atoms with Gasteiger partial charge in [0.2, 0.25) is 0 Å². The first-order valence-corrected chi connectivity index (χ1v) is 12.5. The second-order valence-electron chi connectivity index (χ2n) is 12.0. The van der Waals surface area contributed by atoms with E-state index in [0.29, 0.717) is 30.8 Å². The number of aldehydes is 1. The van der Waals surface area contributed by atoms with Crippen molar-refractivity contribution in [1.29, 1.82) is 0 Å². The van der Waals surface area contributed by atoms with Crippen molar-refractivity contribution in [2.45, 2.75) is 104 Å². The summed E-state index contributed by atoms with van der Waals surface area (Å²) in [7, 11) is 0. The summed E-state index contributed by atoms with van der Waals surface area (Å²) >= 11 is 0. The van der Waals surface area contributed by atoms with Gasteiger partial charge in [0.15, 0.2) is 6.29 Å². The van der Waals surface area contributed by atoms with Crippen molar-refractivity contribution < 1.29 is 23.9 Å². The van der Waals surface area contributed by atoms with Crippen LogP contribution in [0.3, 0.4) is 0 Å². The number of carbonyl (C=O) groups excluding carboxylic acids is 3. The summed E-state index contributed by atoms with van der Waals surface area (Å²) in [5.41, 5.74) is 0.925. The molecule has 1 aromatic rings. The van der Waals surface area contributed by atoms with E-state index in [1.165, 1.54) is 0 Å². The van der Waals surface area contributed by atoms with Crippen molar-refractivity contribution in [3.8, 4) is 0 Å². The van der Waals surface area contributed by atoms with Crippen LogP contribution < -0.4 is 4.90 Å². The van der Waals surface area contributed by atoms with E-state index in [1.807, 2.05) is 47.6 Å². The van der Waals surface area contributed by atoms with E-state index in [0.717, 1.165) is 30.5 Å². The van der Waals surface area contributed by atoms with Gasteiger partial charge in [0.05, 0.1) is 18.3 Å². The van der Waals surface area contributed by atoms with Crippen LogP contribution in [0.15, 0.2) is 6.07 Å². The van der Waals surface area contributed by atoms with E-state index in [1.54, 1.807) is 9.80 Å². The predicted octanol–water partition coefficient (Wildman–Crippen LogP) is 4.16. The molecule has 1 saturated heterocycles. The van der Waals surface area contributed by atoms with E-state index in [9.17, 15) is 14.4 Å². The van der Waals surface area contributed by atoms with Gasteiger partial charge in [-0.1, -0.05) is 0 Å². The number of fused-ring (bicyclic) bond motifs is 3. The molecule has 3 heterocycles. The molecule has 2 fully saturated rings. The summed E-state index contributed by atoms with van der Waals surface area (Å²) in [5.74, 6) is 0.840. The van der Waals surface area contributed by atoms with Crippen LogP contribution in [0.5, 0.6) is 0 Å². The Hall–Kier alpha value is -2.84. The Morgan fingerprint density at radius 3 is 2.34 bits per heavy atom. The molecule has 0 radical (unpaired) electrons. The number of pyridine rings is 1. The second-order valence-corrected chi connectivity index (χ2v) is 12.0. The SMILES string of the molecule is C[C@@H]1CN(C(=O)OC(C)(C)C)C[C@H]2Cc3cc(C=O)c(CN(C(=O)OC(C)(C)C)C4CC4)nc3N21. The molecule has 35 heavy (non-hydrogen) atoms. The number of hydrogen-bond acceptors (Lipinski definition) is 7. The van der Waals surface area contributed by atoms with E-state index in [4.69, 9.17) is 14.5 Å². The van der Waals surface area contributed by atoms with Gasteiger partial charge in [-0.2, -0.15) is 0 Å². The zero-order valence-corrected chi connectivity index (χ0v) is 22.0. The van der Waals surface area contributed by atoms with Crippen molar-refractivity contribution >= 4 is 24.3 Å². The van der Waals surface area contributed by atoms with E-state index >= 15 is 0 Å². The first kappa shape index (κ1) is 25.3. The molecule has 0 spiro atoms. The van der Waals surface area contributed by atoms with Crippen molar-refractivity contribution in [3.63, 3.8) is 0 Å². The molecule has 2 aliphatic heterocycles. The molecule has 1 saturated carbocycles. The van der Waals surface area contributed by atoms with Crippen LogP contribution in [-0.2, 0) is 22.4 Å². The topological polar surface area (TPSA) is 92.3 Å². The average Bonchev–Trinajstić information content (AvgIpc) is 3.48. The standard InChI is InChI=1S/C26H38N4O5/c1-16-12-28(23(32)34-25(2,3)4)13-20-11-17-10-18(15-31)21(27-22(17)30(16)20)14-29(19-8-9-19)24(33)35-26(5,6)7/h10,15-16,19-20H,8-9,11-14H2,1-7H3/t16-,20-/m1/s1. The van der Waals surface area contributed by atoms with Crippen LogP contribution >= 0.6 is 0 Å². The average molecular weight is 487 g/mol. The second kappa shape index (κ2) is 8.99. The summed E-state index contributed by atoms with van der Waals surface area (Å²) in [6, 6.07) is 2.11. The highest BCUT2D eigenvalue weighted by Gasteiger charge is 2.42. The molecule has 3 aliphatic rings. The zero-order valence-electron chi connectivity index (χ0n) is 22.0. The lowest BCUT2D eigenvalue weighted by Crippen LogP contribution is -2.58. The highest BCUT2D eigenvalue weighted by Crippen LogP contribution is 2.37. The largest absolute Gasteiger partial charge is 0.444 e. The molecule has 0 bridgehead atoms. The highest BCUT2D eigenvalue weighted by molar-refractivity contribution is 5.79. The first-order chi connectivity index (χ1) is 16.3. The summed E-state index contributed by atoms with van der Waals surface area (Å²) in [6.45, 7) is 14.5. The Bertz CT molecular complexity index is 1010. The quantitative estimate of drug-likeness (QED) is 0.590. The third-order valence-corrected chi connectivity index (χ3v) is 6.39. The van der Waals surface area contributed by atoms with Crippen LogP contribution in [0, 0.1) is 0 Å². The first-order valence-electron chi connectivity index (χ1n) is 12.5. The highest BCUT2D eigenvalue weighted by atomic mass is 16.6. The summed E-state index contributed by atoms with van der Waals surface area (Å²) in [6.07, 6.45) is 2.68. The van der Waals surface area contributed by atoms with E-state index in [-0.39, 0.29) is 36.9 Å². The molecule has 9 nitrogen and oxygen atoms in total. The maximum absolute atomic E-state index is 12.9. The number of anilines is 1. The number of amides is 2. The maximum Gasteiger partial charge on any atom is 0.410 e. The lowest BCUT2D eigenvalue weighted by Gasteiger charge is -2.43. The van der Waals surface area contributed by atoms with Crippen LogP contribution in [0.2, 0.25) is 0 Å². The molecule has 0 N–H and O–H groups in total. The predicted molar refractivity (Wildman–Crippen MR) is 132 cm³/mol. The van der Waals surface area contributed by atoms with Gasteiger partial charge in [-0.15, -0.1) is 0 Å². The third kappa shape index (κ3) is 5.70. The Labute approximate surface area is 207 Å². The van der Waals surface area contributed by atoms with Crippen LogP contribution in [-0.4, -0.2) is 75.7 Å². The third-order valence-electron chi connectivity index (χ3n) is 6.39. The molecule has 2 amide bonds. The maximum atomic E-state index is 12.9. The monoisotopic (exact) mass is 486 g/mol. The fraction of sp³-hybridized carbons (Fsp3) is 0.692. The van der Waals surface area contributed by atoms with Gasteiger partial charge in [0, 0.05) is 30.7 Å². The van der Waals surface area contributed by atoms with Crippen molar-refractivity contribution in [3.05, 3.63) is 22.9 Å². The summed E-state index contributed by atoms with van der Waals surface area (Å²) in [4.78, 5) is 48.2. The molecule has 1 aliphatic carbocycles. The van der Waals surface area contributed by atoms with Gasteiger partial charge in [-0.25, -0.2) is 14.6 Å². The molecule has 1 aromatic heterocycles. The minimum atomic E-state index is -0.598. The smallest absolute Gasteiger partial charge is 0.410 e. The van der Waals surface area contributed by atoms with Crippen molar-refractivity contribution in [2.75, 3.05) is 18.0 Å². The van der Waals surface area contributed by atoms with Crippen molar-refractivity contribution in [2.24, 2.45) is 0 Å². The van der Waals surface area contributed by atoms with E-state index in [2.05, 4.69) is 11.8 Å². The fourth-order valence-electron chi connectivity index (χ4n) is 4.87. The number of aromatic nitrogens is 1. The van der Waals surface area contributed by atoms with Crippen LogP contribution in [0.25, 0.3) is 0 Å². The number of nitrogens with zero attached hydrogens (tertiary/aromatic N) is 4. The Morgan fingerprint density at radius 1 is 1.11 bits per heavy atom. The summed E-state index contributed by atoms with van der Waals surface area (Å²) < 4.78 is 11.2. The summed E-state index contributed by atoms with van der Waals surface area (Å²) in [5, 5.41) is 0. The fourth-order valence-corrected chi connectivity index (χ4v) is 4.87. The number of ether oxygens (including phenoxy) is 2. The van der Waals surface area contributed by atoms with Gasteiger partial charge in [0.25, 0.3) is 0 Å². The number of carbonyl (C=O) groups is 3.